The average molecular weight is 247 g/mol. The van der Waals surface area contributed by atoms with Crippen LogP contribution < -0.4 is 5.32 Å². The summed E-state index contributed by atoms with van der Waals surface area (Å²) < 4.78 is 5.11. The molecule has 4 rings (SSSR count). The molecule has 0 atom stereocenters. The number of hydrogen-bond acceptors (Lipinski definition) is 3. The molecule has 3 nitrogen and oxygen atoms in total. The smallest absolute Gasteiger partial charge is 0.326 e. The van der Waals surface area contributed by atoms with Crippen LogP contribution in [0.3, 0.4) is 0 Å². The van der Waals surface area contributed by atoms with Gasteiger partial charge in [-0.05, 0) is 55.8 Å². The molecule has 0 aromatic heterocycles. The summed E-state index contributed by atoms with van der Waals surface area (Å²) >= 11 is 0. The number of methoxy groups -OCH3 is 1. The molecule has 0 heterocycles. The molecule has 0 unspecified atom stereocenters. The average Bonchev–Trinajstić information content (AvgIpc) is 2.37. The third-order valence-electron chi connectivity index (χ3n) is 5.43. The van der Waals surface area contributed by atoms with Gasteiger partial charge in [-0.3, -0.25) is 10.1 Å². The Hall–Kier alpha value is -1.01. The highest BCUT2D eigenvalue weighted by molar-refractivity contribution is 5.82. The standard InChI is InChI=1S/C15H21NO2/c1-3-4-16-15(14(17)18-2)12-6-10-5-11(8-12)9-13(15)7-10/h1,10-13,16H,4-9H2,2H3. The predicted octanol–water partition coefficient (Wildman–Crippen LogP) is 1.58. The summed E-state index contributed by atoms with van der Waals surface area (Å²) in [6, 6.07) is 0. The summed E-state index contributed by atoms with van der Waals surface area (Å²) in [6.07, 6.45) is 11.4. The summed E-state index contributed by atoms with van der Waals surface area (Å²) in [6.45, 7) is 0.456. The fraction of sp³-hybridized carbons (Fsp3) is 0.800. The van der Waals surface area contributed by atoms with Gasteiger partial charge in [-0.1, -0.05) is 5.92 Å². The van der Waals surface area contributed by atoms with Crippen LogP contribution in [0.1, 0.15) is 32.1 Å². The van der Waals surface area contributed by atoms with E-state index in [4.69, 9.17) is 11.2 Å². The molecule has 4 saturated carbocycles. The van der Waals surface area contributed by atoms with E-state index in [1.807, 2.05) is 0 Å². The fourth-order valence-corrected chi connectivity index (χ4v) is 4.99. The molecule has 0 saturated heterocycles. The Kier molecular flexibility index (Phi) is 2.86. The lowest BCUT2D eigenvalue weighted by molar-refractivity contribution is -0.168. The van der Waals surface area contributed by atoms with Crippen LogP contribution in [0.15, 0.2) is 0 Å². The summed E-state index contributed by atoms with van der Waals surface area (Å²) in [5.74, 6) is 5.03. The molecular weight excluding hydrogens is 226 g/mol. The molecule has 0 radical (unpaired) electrons. The summed E-state index contributed by atoms with van der Waals surface area (Å²) in [5, 5.41) is 3.37. The van der Waals surface area contributed by atoms with Crippen LogP contribution in [0, 0.1) is 36.0 Å². The Morgan fingerprint density at radius 1 is 1.28 bits per heavy atom. The lowest BCUT2D eigenvalue weighted by Crippen LogP contribution is -2.69. The molecule has 3 heteroatoms. The van der Waals surface area contributed by atoms with Crippen molar-refractivity contribution < 1.29 is 9.53 Å². The molecule has 0 aromatic carbocycles. The van der Waals surface area contributed by atoms with Crippen molar-refractivity contribution in [3.05, 3.63) is 0 Å². The van der Waals surface area contributed by atoms with E-state index in [-0.39, 0.29) is 5.97 Å². The molecule has 0 aromatic rings. The first-order valence-electron chi connectivity index (χ1n) is 6.97. The van der Waals surface area contributed by atoms with Gasteiger partial charge in [0.25, 0.3) is 0 Å². The van der Waals surface area contributed by atoms with Gasteiger partial charge < -0.3 is 4.74 Å². The molecule has 4 aliphatic rings. The summed E-state index contributed by atoms with van der Waals surface area (Å²) in [4.78, 5) is 12.4. The third-order valence-corrected chi connectivity index (χ3v) is 5.43. The number of nitrogens with one attached hydrogen (secondary N) is 1. The van der Waals surface area contributed by atoms with Crippen LogP contribution in [0.4, 0.5) is 0 Å². The van der Waals surface area contributed by atoms with Gasteiger partial charge in [-0.25, -0.2) is 0 Å². The number of terminal acetylenes is 1. The van der Waals surface area contributed by atoms with Gasteiger partial charge in [0.2, 0.25) is 0 Å². The van der Waals surface area contributed by atoms with Gasteiger partial charge in [-0.15, -0.1) is 6.42 Å². The maximum atomic E-state index is 12.4. The molecule has 18 heavy (non-hydrogen) atoms. The second kappa shape index (κ2) is 4.28. The maximum Gasteiger partial charge on any atom is 0.326 e. The zero-order valence-corrected chi connectivity index (χ0v) is 10.9. The van der Waals surface area contributed by atoms with Crippen LogP contribution in [-0.2, 0) is 9.53 Å². The van der Waals surface area contributed by atoms with Crippen molar-refractivity contribution in [2.75, 3.05) is 13.7 Å². The van der Waals surface area contributed by atoms with E-state index in [1.54, 1.807) is 0 Å². The van der Waals surface area contributed by atoms with E-state index in [2.05, 4.69) is 11.2 Å². The zero-order chi connectivity index (χ0) is 12.8. The molecule has 0 aliphatic heterocycles. The highest BCUT2D eigenvalue weighted by Gasteiger charge is 2.61. The SMILES string of the molecule is C#CCNC1(C(=O)OC)C2CC3CC(C2)CC1C3. The third kappa shape index (κ3) is 1.52. The van der Waals surface area contributed by atoms with E-state index in [9.17, 15) is 4.79 Å². The molecule has 1 N–H and O–H groups in total. The van der Waals surface area contributed by atoms with Gasteiger partial charge in [0, 0.05) is 0 Å². The fourth-order valence-electron chi connectivity index (χ4n) is 4.99. The number of carbonyl (C=O) groups excluding carboxylic acids is 1. The number of carbonyl (C=O) groups is 1. The van der Waals surface area contributed by atoms with Gasteiger partial charge >= 0.3 is 5.97 Å². The van der Waals surface area contributed by atoms with E-state index in [1.165, 1.54) is 39.2 Å². The van der Waals surface area contributed by atoms with Crippen molar-refractivity contribution in [1.82, 2.24) is 5.32 Å². The molecule has 4 bridgehead atoms. The highest BCUT2D eigenvalue weighted by Crippen LogP contribution is 2.58. The monoisotopic (exact) mass is 247 g/mol. The van der Waals surface area contributed by atoms with E-state index in [0.717, 1.165) is 11.8 Å². The van der Waals surface area contributed by atoms with Crippen molar-refractivity contribution in [3.63, 3.8) is 0 Å². The minimum atomic E-state index is -0.492. The van der Waals surface area contributed by atoms with Crippen LogP contribution in [0.25, 0.3) is 0 Å². The molecule has 0 amide bonds. The van der Waals surface area contributed by atoms with Gasteiger partial charge in [0.05, 0.1) is 13.7 Å². The first-order chi connectivity index (χ1) is 8.70. The van der Waals surface area contributed by atoms with Crippen LogP contribution in [0.5, 0.6) is 0 Å². The zero-order valence-electron chi connectivity index (χ0n) is 10.9. The highest BCUT2D eigenvalue weighted by atomic mass is 16.5. The number of esters is 1. The second-order valence-electron chi connectivity index (χ2n) is 6.22. The van der Waals surface area contributed by atoms with Crippen molar-refractivity contribution in [2.45, 2.75) is 37.6 Å². The lowest BCUT2D eigenvalue weighted by Gasteiger charge is -2.59. The van der Waals surface area contributed by atoms with Crippen molar-refractivity contribution in [1.29, 1.82) is 0 Å². The topological polar surface area (TPSA) is 38.3 Å². The summed E-state index contributed by atoms with van der Waals surface area (Å²) in [7, 11) is 1.49. The number of rotatable bonds is 3. The Labute approximate surface area is 109 Å². The Morgan fingerprint density at radius 2 is 1.83 bits per heavy atom. The van der Waals surface area contributed by atoms with Crippen molar-refractivity contribution >= 4 is 5.97 Å². The largest absolute Gasteiger partial charge is 0.468 e. The van der Waals surface area contributed by atoms with Crippen LogP contribution in [-0.4, -0.2) is 25.2 Å². The molecule has 4 fully saturated rings. The van der Waals surface area contributed by atoms with E-state index < -0.39 is 5.54 Å². The molecule has 98 valence electrons. The Balaban J connectivity index is 1.93. The van der Waals surface area contributed by atoms with E-state index >= 15 is 0 Å². The minimum Gasteiger partial charge on any atom is -0.468 e. The number of hydrogen-bond donors (Lipinski definition) is 1. The van der Waals surface area contributed by atoms with Crippen molar-refractivity contribution in [3.8, 4) is 12.3 Å². The predicted molar refractivity (Wildman–Crippen MR) is 68.6 cm³/mol. The molecular formula is C15H21NO2. The maximum absolute atomic E-state index is 12.4. The quantitative estimate of drug-likeness (QED) is 0.608. The lowest BCUT2D eigenvalue weighted by atomic mass is 9.48. The normalized spacial score (nSPS) is 44.7. The van der Waals surface area contributed by atoms with Gasteiger partial charge in [-0.2, -0.15) is 0 Å². The Morgan fingerprint density at radius 3 is 2.28 bits per heavy atom. The van der Waals surface area contributed by atoms with Crippen molar-refractivity contribution in [2.24, 2.45) is 23.7 Å². The van der Waals surface area contributed by atoms with Gasteiger partial charge in [0.15, 0.2) is 0 Å². The number of ether oxygens (including phenoxy) is 1. The first-order valence-corrected chi connectivity index (χ1v) is 6.97. The minimum absolute atomic E-state index is 0.0912. The summed E-state index contributed by atoms with van der Waals surface area (Å²) in [5.41, 5.74) is -0.492. The molecule has 4 aliphatic carbocycles. The second-order valence-corrected chi connectivity index (χ2v) is 6.22. The van der Waals surface area contributed by atoms with Crippen LogP contribution >= 0.6 is 0 Å². The van der Waals surface area contributed by atoms with Crippen LogP contribution in [0.2, 0.25) is 0 Å². The molecule has 0 spiro atoms. The Bertz CT molecular complexity index is 368. The van der Waals surface area contributed by atoms with E-state index in [0.29, 0.717) is 18.4 Å². The van der Waals surface area contributed by atoms with Gasteiger partial charge in [0.1, 0.15) is 5.54 Å². The first kappa shape index (κ1) is 12.0.